The summed E-state index contributed by atoms with van der Waals surface area (Å²) >= 11 is 15.9. The van der Waals surface area contributed by atoms with Gasteiger partial charge in [0.2, 0.25) is 0 Å². The fourth-order valence-electron chi connectivity index (χ4n) is 2.83. The second kappa shape index (κ2) is 28.1. The van der Waals surface area contributed by atoms with Crippen LogP contribution in [0.25, 0.3) is 0 Å². The summed E-state index contributed by atoms with van der Waals surface area (Å²) in [5.41, 5.74) is 1.70. The lowest BCUT2D eigenvalue weighted by molar-refractivity contribution is -0.150. The molecule has 17 heteroatoms. The smallest absolute Gasteiger partial charge is 0.338 e. The number of hydrogen-bond donors (Lipinski definition) is 2. The molecule has 2 aromatic rings. The number of aliphatic hydroxyl groups is 2. The number of hydrogen-bond acceptors (Lipinski definition) is 14. The number of aliphatic hydroxyl groups excluding tert-OH is 2. The largest absolute Gasteiger partial charge is 0.460 e. The molecule has 52 heavy (non-hydrogen) atoms. The van der Waals surface area contributed by atoms with Crippen molar-refractivity contribution >= 4 is 70.6 Å². The van der Waals surface area contributed by atoms with Crippen molar-refractivity contribution in [2.45, 2.75) is 31.5 Å². The van der Waals surface area contributed by atoms with Gasteiger partial charge in [0, 0.05) is 36.5 Å². The lowest BCUT2D eigenvalue weighted by Crippen LogP contribution is -2.19. The molecule has 3 unspecified atom stereocenters. The standard InChI is InChI=1S/2C14H15ClO5.C4H2O3.C3H5ClO/c2*15-8-12(16)10-20-14(18)7-6-13(17)19-9-11-4-2-1-3-5-11;5-3-1-2-4(6)7-3;4-1-3-2-5-3/h2*1-7,12,16H,8-10H2;1-2H;3H,1-2H2/b7-6+;7-6-;;. The van der Waals surface area contributed by atoms with Gasteiger partial charge < -0.3 is 38.6 Å². The highest BCUT2D eigenvalue weighted by Gasteiger charge is 2.19. The normalized spacial score (nSPS) is 15.0. The molecule has 0 aromatic heterocycles. The van der Waals surface area contributed by atoms with Gasteiger partial charge in [0.05, 0.1) is 30.4 Å². The number of esters is 6. The van der Waals surface area contributed by atoms with Crippen LogP contribution in [0.15, 0.2) is 97.1 Å². The summed E-state index contributed by atoms with van der Waals surface area (Å²) in [6.07, 6.45) is 4.55. The number of carbonyl (C=O) groups excluding carboxylic acids is 6. The molecule has 4 rings (SSSR count). The molecule has 1 saturated heterocycles. The third kappa shape index (κ3) is 25.4. The molecule has 14 nitrogen and oxygen atoms in total. The lowest BCUT2D eigenvalue weighted by Gasteiger charge is -2.05. The SMILES string of the molecule is ClCC1CO1.O=C(/C=C/C(=O)OCC(O)CCl)OCc1ccccc1.O=C(/C=C\C(=O)OCC(O)CCl)OCc1ccccc1.O=C1C=CC(=O)O1. The molecule has 0 amide bonds. The first-order valence-corrected chi connectivity index (χ1v) is 16.8. The van der Waals surface area contributed by atoms with Gasteiger partial charge in [-0.3, -0.25) is 0 Å². The van der Waals surface area contributed by atoms with Gasteiger partial charge in [0.25, 0.3) is 0 Å². The molecule has 0 spiro atoms. The maximum atomic E-state index is 11.3. The zero-order valence-corrected chi connectivity index (χ0v) is 29.8. The van der Waals surface area contributed by atoms with Crippen molar-refractivity contribution in [3.05, 3.63) is 108 Å². The van der Waals surface area contributed by atoms with Crippen LogP contribution in [0.4, 0.5) is 0 Å². The van der Waals surface area contributed by atoms with Gasteiger partial charge in [0.1, 0.15) is 38.6 Å². The number of ether oxygens (including phenoxy) is 6. The molecule has 0 radical (unpaired) electrons. The van der Waals surface area contributed by atoms with Crippen molar-refractivity contribution in [1.29, 1.82) is 0 Å². The predicted molar refractivity (Wildman–Crippen MR) is 187 cm³/mol. The minimum absolute atomic E-state index is 0.0316. The number of rotatable bonds is 15. The Hall–Kier alpha value is -4.57. The molecule has 2 aromatic carbocycles. The van der Waals surface area contributed by atoms with Crippen molar-refractivity contribution in [2.75, 3.05) is 37.5 Å². The van der Waals surface area contributed by atoms with E-state index in [2.05, 4.69) is 14.2 Å². The zero-order chi connectivity index (χ0) is 38.6. The van der Waals surface area contributed by atoms with E-state index in [4.69, 9.17) is 59.2 Å². The third-order valence-corrected chi connectivity index (χ3v) is 6.54. The van der Waals surface area contributed by atoms with E-state index in [0.717, 1.165) is 54.2 Å². The first-order valence-electron chi connectivity index (χ1n) is 15.2. The van der Waals surface area contributed by atoms with Gasteiger partial charge >= 0.3 is 35.8 Å². The van der Waals surface area contributed by atoms with Crippen molar-refractivity contribution in [2.24, 2.45) is 0 Å². The van der Waals surface area contributed by atoms with Gasteiger partial charge in [-0.05, 0) is 11.1 Å². The van der Waals surface area contributed by atoms with Crippen LogP contribution in [-0.4, -0.2) is 102 Å². The van der Waals surface area contributed by atoms with Crippen LogP contribution < -0.4 is 0 Å². The van der Waals surface area contributed by atoms with E-state index >= 15 is 0 Å². The highest BCUT2D eigenvalue weighted by Crippen LogP contribution is 2.08. The summed E-state index contributed by atoms with van der Waals surface area (Å²) < 4.78 is 27.8. The first kappa shape index (κ1) is 45.5. The highest BCUT2D eigenvalue weighted by atomic mass is 35.5. The Labute approximate surface area is 314 Å². The van der Waals surface area contributed by atoms with Crippen molar-refractivity contribution in [1.82, 2.24) is 0 Å². The summed E-state index contributed by atoms with van der Waals surface area (Å²) in [7, 11) is 0. The zero-order valence-electron chi connectivity index (χ0n) is 27.6. The number of halogens is 3. The Balaban J connectivity index is 0.000000393. The molecular weight excluding hydrogens is 751 g/mol. The Morgan fingerprint density at radius 1 is 0.654 bits per heavy atom. The van der Waals surface area contributed by atoms with E-state index < -0.39 is 48.0 Å². The molecule has 282 valence electrons. The molecule has 1 fully saturated rings. The van der Waals surface area contributed by atoms with Gasteiger partial charge in [-0.15, -0.1) is 34.8 Å². The third-order valence-electron chi connectivity index (χ3n) is 5.48. The molecule has 2 aliphatic rings. The molecule has 2 aliphatic heterocycles. The Bertz CT molecular complexity index is 1370. The average molecular weight is 788 g/mol. The number of alkyl halides is 3. The first-order chi connectivity index (χ1) is 24.9. The van der Waals surface area contributed by atoms with E-state index in [9.17, 15) is 28.8 Å². The van der Waals surface area contributed by atoms with Crippen LogP contribution >= 0.6 is 34.8 Å². The fraction of sp³-hybridized carbons (Fsp3) is 0.314. The summed E-state index contributed by atoms with van der Waals surface area (Å²) in [5, 5.41) is 18.1. The Morgan fingerprint density at radius 3 is 1.25 bits per heavy atom. The van der Waals surface area contributed by atoms with Crippen LogP contribution in [-0.2, 0) is 70.4 Å². The van der Waals surface area contributed by atoms with E-state index in [1.54, 1.807) is 0 Å². The second-order valence-electron chi connectivity index (χ2n) is 9.91. The maximum absolute atomic E-state index is 11.3. The lowest BCUT2D eigenvalue weighted by atomic mass is 10.2. The number of epoxide rings is 1. The summed E-state index contributed by atoms with van der Waals surface area (Å²) in [6.45, 7) is 0.703. The molecule has 2 heterocycles. The number of cyclic esters (lactones) is 2. The van der Waals surface area contributed by atoms with E-state index in [-0.39, 0.29) is 38.2 Å². The summed E-state index contributed by atoms with van der Waals surface area (Å²) in [5.74, 6) is -3.34. The molecule has 2 N–H and O–H groups in total. The predicted octanol–water partition coefficient (Wildman–Crippen LogP) is 3.11. The molecule has 0 bridgehead atoms. The molecular formula is C35H37Cl3O14. The quantitative estimate of drug-likeness (QED) is 0.0666. The van der Waals surface area contributed by atoms with Gasteiger partial charge in [-0.2, -0.15) is 0 Å². The van der Waals surface area contributed by atoms with Crippen LogP contribution in [0.2, 0.25) is 0 Å². The minimum atomic E-state index is -0.918. The van der Waals surface area contributed by atoms with Crippen LogP contribution in [0, 0.1) is 0 Å². The Kier molecular flexibility index (Phi) is 24.5. The average Bonchev–Trinajstić information content (AvgIpc) is 3.94. The van der Waals surface area contributed by atoms with Crippen LogP contribution in [0.1, 0.15) is 11.1 Å². The van der Waals surface area contributed by atoms with Crippen molar-refractivity contribution in [3.8, 4) is 0 Å². The fourth-order valence-corrected chi connectivity index (χ4v) is 3.18. The summed E-state index contributed by atoms with van der Waals surface area (Å²) in [6, 6.07) is 18.3. The van der Waals surface area contributed by atoms with Gasteiger partial charge in [-0.1, -0.05) is 60.7 Å². The van der Waals surface area contributed by atoms with Gasteiger partial charge in [0.15, 0.2) is 0 Å². The monoisotopic (exact) mass is 786 g/mol. The van der Waals surface area contributed by atoms with E-state index in [0.29, 0.717) is 12.0 Å². The van der Waals surface area contributed by atoms with E-state index in [1.807, 2.05) is 60.7 Å². The maximum Gasteiger partial charge on any atom is 0.338 e. The highest BCUT2D eigenvalue weighted by molar-refractivity contribution is 6.18. The molecule has 0 saturated carbocycles. The molecule has 0 aliphatic carbocycles. The van der Waals surface area contributed by atoms with Crippen molar-refractivity contribution < 1.29 is 67.4 Å². The minimum Gasteiger partial charge on any atom is -0.460 e. The number of carbonyl (C=O) groups is 6. The molecule has 3 atom stereocenters. The second-order valence-corrected chi connectivity index (χ2v) is 10.8. The number of benzene rings is 2. The Morgan fingerprint density at radius 2 is 1.00 bits per heavy atom. The van der Waals surface area contributed by atoms with Crippen LogP contribution in [0.5, 0.6) is 0 Å². The summed E-state index contributed by atoms with van der Waals surface area (Å²) in [4.78, 5) is 64.8. The van der Waals surface area contributed by atoms with Gasteiger partial charge in [-0.25, -0.2) is 28.8 Å². The van der Waals surface area contributed by atoms with Crippen LogP contribution in [0.3, 0.4) is 0 Å². The van der Waals surface area contributed by atoms with Crippen molar-refractivity contribution in [3.63, 3.8) is 0 Å². The topological polar surface area (TPSA) is 202 Å². The van der Waals surface area contributed by atoms with E-state index in [1.165, 1.54) is 0 Å².